The van der Waals surface area contributed by atoms with Gasteiger partial charge in [-0.05, 0) is 56.9 Å². The van der Waals surface area contributed by atoms with Gasteiger partial charge in [0.05, 0.1) is 11.7 Å². The molecule has 1 saturated heterocycles. The SMILES string of the molecule is NCC1(CC2CCC3(CCCCC3)O2)CC1. The normalized spacial score (nSPS) is 35.4. The van der Waals surface area contributed by atoms with E-state index in [0.717, 1.165) is 6.54 Å². The lowest BCUT2D eigenvalue weighted by molar-refractivity contribution is -0.0707. The van der Waals surface area contributed by atoms with Crippen LogP contribution >= 0.6 is 0 Å². The highest BCUT2D eigenvalue weighted by Crippen LogP contribution is 2.52. The van der Waals surface area contributed by atoms with Crippen molar-refractivity contribution in [2.45, 2.75) is 75.9 Å². The predicted octanol–water partition coefficient (Wildman–Crippen LogP) is 3.00. The summed E-state index contributed by atoms with van der Waals surface area (Å²) in [4.78, 5) is 0. The Kier molecular flexibility index (Phi) is 2.75. The fourth-order valence-electron chi connectivity index (χ4n) is 3.75. The quantitative estimate of drug-likeness (QED) is 0.798. The molecular weight excluding hydrogens is 198 g/mol. The first-order valence-electron chi connectivity index (χ1n) is 7.14. The lowest BCUT2D eigenvalue weighted by Gasteiger charge is -2.33. The summed E-state index contributed by atoms with van der Waals surface area (Å²) in [7, 11) is 0. The lowest BCUT2D eigenvalue weighted by Crippen LogP contribution is -2.32. The van der Waals surface area contributed by atoms with Crippen molar-refractivity contribution in [1.82, 2.24) is 0 Å². The zero-order valence-electron chi connectivity index (χ0n) is 10.3. The Labute approximate surface area is 98.9 Å². The molecule has 2 N–H and O–H groups in total. The van der Waals surface area contributed by atoms with Crippen LogP contribution in [0.4, 0.5) is 0 Å². The topological polar surface area (TPSA) is 35.2 Å². The number of ether oxygens (including phenoxy) is 1. The Bertz CT molecular complexity index is 253. The smallest absolute Gasteiger partial charge is 0.0687 e. The van der Waals surface area contributed by atoms with E-state index < -0.39 is 0 Å². The van der Waals surface area contributed by atoms with E-state index in [2.05, 4.69) is 0 Å². The molecule has 1 atom stereocenters. The molecule has 0 aromatic heterocycles. The van der Waals surface area contributed by atoms with Crippen molar-refractivity contribution < 1.29 is 4.74 Å². The average molecular weight is 223 g/mol. The lowest BCUT2D eigenvalue weighted by atomic mass is 9.83. The molecule has 0 amide bonds. The van der Waals surface area contributed by atoms with Gasteiger partial charge in [-0.25, -0.2) is 0 Å². The van der Waals surface area contributed by atoms with Crippen LogP contribution in [0.5, 0.6) is 0 Å². The van der Waals surface area contributed by atoms with E-state index in [4.69, 9.17) is 10.5 Å². The van der Waals surface area contributed by atoms with Crippen molar-refractivity contribution in [3.63, 3.8) is 0 Å². The van der Waals surface area contributed by atoms with Crippen LogP contribution in [0.1, 0.15) is 64.2 Å². The Morgan fingerprint density at radius 1 is 1.00 bits per heavy atom. The highest BCUT2D eigenvalue weighted by molar-refractivity contribution is 4.99. The van der Waals surface area contributed by atoms with Crippen LogP contribution in [-0.2, 0) is 4.74 Å². The van der Waals surface area contributed by atoms with Crippen LogP contribution in [0, 0.1) is 5.41 Å². The number of nitrogens with two attached hydrogens (primary N) is 1. The summed E-state index contributed by atoms with van der Waals surface area (Å²) in [6, 6.07) is 0. The molecule has 2 nitrogen and oxygen atoms in total. The Morgan fingerprint density at radius 2 is 1.75 bits per heavy atom. The molecule has 1 unspecified atom stereocenters. The molecule has 0 aromatic rings. The summed E-state index contributed by atoms with van der Waals surface area (Å²) in [6.45, 7) is 0.875. The molecule has 0 bridgehead atoms. The van der Waals surface area contributed by atoms with E-state index in [1.165, 1.54) is 64.2 Å². The van der Waals surface area contributed by atoms with Crippen molar-refractivity contribution in [2.24, 2.45) is 11.1 Å². The molecule has 1 heterocycles. The van der Waals surface area contributed by atoms with Gasteiger partial charge in [-0.3, -0.25) is 0 Å². The third kappa shape index (κ3) is 2.02. The van der Waals surface area contributed by atoms with Crippen molar-refractivity contribution >= 4 is 0 Å². The molecular formula is C14H25NO. The minimum Gasteiger partial charge on any atom is -0.372 e. The second kappa shape index (κ2) is 3.99. The van der Waals surface area contributed by atoms with E-state index in [1.807, 2.05) is 0 Å². The van der Waals surface area contributed by atoms with Gasteiger partial charge in [0.2, 0.25) is 0 Å². The van der Waals surface area contributed by atoms with Crippen molar-refractivity contribution in [3.05, 3.63) is 0 Å². The molecule has 3 aliphatic rings. The maximum atomic E-state index is 6.41. The maximum Gasteiger partial charge on any atom is 0.0687 e. The van der Waals surface area contributed by atoms with Gasteiger partial charge in [-0.2, -0.15) is 0 Å². The van der Waals surface area contributed by atoms with Gasteiger partial charge >= 0.3 is 0 Å². The second-order valence-corrected chi connectivity index (χ2v) is 6.43. The molecule has 16 heavy (non-hydrogen) atoms. The molecule has 2 saturated carbocycles. The summed E-state index contributed by atoms with van der Waals surface area (Å²) in [5, 5.41) is 0. The van der Waals surface area contributed by atoms with Gasteiger partial charge in [-0.1, -0.05) is 19.3 Å². The van der Waals surface area contributed by atoms with Gasteiger partial charge in [0, 0.05) is 0 Å². The van der Waals surface area contributed by atoms with Crippen LogP contribution < -0.4 is 5.73 Å². The van der Waals surface area contributed by atoms with Gasteiger partial charge in [0.25, 0.3) is 0 Å². The standard InChI is InChI=1S/C14H25NO/c15-11-13(8-9-13)10-12-4-7-14(16-12)5-2-1-3-6-14/h12H,1-11,15H2. The second-order valence-electron chi connectivity index (χ2n) is 6.43. The Morgan fingerprint density at radius 3 is 2.38 bits per heavy atom. The van der Waals surface area contributed by atoms with Gasteiger partial charge in [0.15, 0.2) is 0 Å². The van der Waals surface area contributed by atoms with Crippen molar-refractivity contribution in [1.29, 1.82) is 0 Å². The maximum absolute atomic E-state index is 6.41. The molecule has 3 fully saturated rings. The summed E-state index contributed by atoms with van der Waals surface area (Å²) in [5.41, 5.74) is 6.65. The summed E-state index contributed by atoms with van der Waals surface area (Å²) < 4.78 is 6.41. The fourth-order valence-corrected chi connectivity index (χ4v) is 3.75. The molecule has 3 rings (SSSR count). The van der Waals surface area contributed by atoms with Crippen LogP contribution in [0.3, 0.4) is 0 Å². The van der Waals surface area contributed by atoms with E-state index in [1.54, 1.807) is 0 Å². The van der Waals surface area contributed by atoms with Crippen LogP contribution in [0.25, 0.3) is 0 Å². The van der Waals surface area contributed by atoms with Crippen LogP contribution in [0.15, 0.2) is 0 Å². The van der Waals surface area contributed by atoms with Gasteiger partial charge < -0.3 is 10.5 Å². The summed E-state index contributed by atoms with van der Waals surface area (Å²) in [6.07, 6.45) is 13.9. The van der Waals surface area contributed by atoms with Gasteiger partial charge in [0.1, 0.15) is 0 Å². The molecule has 0 radical (unpaired) electrons. The number of hydrogen-bond acceptors (Lipinski definition) is 2. The molecule has 1 spiro atoms. The first-order chi connectivity index (χ1) is 7.76. The molecule has 1 aliphatic heterocycles. The Hall–Kier alpha value is -0.0800. The van der Waals surface area contributed by atoms with Crippen molar-refractivity contribution in [3.8, 4) is 0 Å². The number of hydrogen-bond donors (Lipinski definition) is 1. The first kappa shape index (κ1) is 11.0. The minimum absolute atomic E-state index is 0.299. The van der Waals surface area contributed by atoms with E-state index >= 15 is 0 Å². The van der Waals surface area contributed by atoms with Crippen LogP contribution in [-0.4, -0.2) is 18.2 Å². The zero-order chi connectivity index (χ0) is 11.1. The summed E-state index contributed by atoms with van der Waals surface area (Å²) >= 11 is 0. The number of rotatable bonds is 3. The largest absolute Gasteiger partial charge is 0.372 e. The predicted molar refractivity (Wildman–Crippen MR) is 65.3 cm³/mol. The molecule has 2 heteroatoms. The average Bonchev–Trinajstić information content (AvgIpc) is 2.99. The van der Waals surface area contributed by atoms with E-state index in [-0.39, 0.29) is 0 Å². The Balaban J connectivity index is 1.56. The fraction of sp³-hybridized carbons (Fsp3) is 1.00. The highest BCUT2D eigenvalue weighted by Gasteiger charge is 2.47. The minimum atomic E-state index is 0.299. The van der Waals surface area contributed by atoms with E-state index in [9.17, 15) is 0 Å². The highest BCUT2D eigenvalue weighted by atomic mass is 16.5. The first-order valence-corrected chi connectivity index (χ1v) is 7.14. The van der Waals surface area contributed by atoms with Gasteiger partial charge in [-0.15, -0.1) is 0 Å². The zero-order valence-corrected chi connectivity index (χ0v) is 10.3. The molecule has 0 aromatic carbocycles. The van der Waals surface area contributed by atoms with Crippen molar-refractivity contribution in [2.75, 3.05) is 6.54 Å². The summed E-state index contributed by atoms with van der Waals surface area (Å²) in [5.74, 6) is 0. The van der Waals surface area contributed by atoms with E-state index in [0.29, 0.717) is 17.1 Å². The third-order valence-corrected chi connectivity index (χ3v) is 5.15. The third-order valence-electron chi connectivity index (χ3n) is 5.15. The molecule has 2 aliphatic carbocycles. The van der Waals surface area contributed by atoms with Crippen LogP contribution in [0.2, 0.25) is 0 Å². The molecule has 92 valence electrons. The monoisotopic (exact) mass is 223 g/mol.